The van der Waals surface area contributed by atoms with Crippen molar-refractivity contribution in [2.75, 3.05) is 0 Å². The Kier molecular flexibility index (Phi) is 9.56. The number of imidazole rings is 1. The van der Waals surface area contributed by atoms with Crippen molar-refractivity contribution < 1.29 is 4.79 Å². The van der Waals surface area contributed by atoms with Crippen LogP contribution in [0.5, 0.6) is 0 Å². The second-order valence-electron chi connectivity index (χ2n) is 7.93. The largest absolute Gasteiger partial charge is 0.352 e. The first-order chi connectivity index (χ1) is 14.2. The fourth-order valence-electron chi connectivity index (χ4n) is 4.13. The fraction of sp³-hybridized carbons (Fsp3) is 0.333. The lowest BCUT2D eigenvalue weighted by Crippen LogP contribution is -2.37. The van der Waals surface area contributed by atoms with E-state index >= 15 is 0 Å². The molecule has 1 aromatic heterocycles. The van der Waals surface area contributed by atoms with Crippen LogP contribution in [0.1, 0.15) is 36.8 Å². The summed E-state index contributed by atoms with van der Waals surface area (Å²) in [6, 6.07) is 17.0. The molecule has 2 atom stereocenters. The second kappa shape index (κ2) is 11.9. The molecule has 0 aliphatic heterocycles. The molecule has 0 radical (unpaired) electrons. The van der Waals surface area contributed by atoms with Crippen LogP contribution in [0.4, 0.5) is 0 Å². The first kappa shape index (κ1) is 24.9. The van der Waals surface area contributed by atoms with Crippen molar-refractivity contribution in [2.24, 2.45) is 11.7 Å². The first-order valence-electron chi connectivity index (χ1n) is 10.4. The Morgan fingerprint density at radius 3 is 2.58 bits per heavy atom. The van der Waals surface area contributed by atoms with E-state index in [1.54, 1.807) is 6.20 Å². The molecule has 5 nitrogen and oxygen atoms in total. The summed E-state index contributed by atoms with van der Waals surface area (Å²) in [5.74, 6) is 0.180. The van der Waals surface area contributed by atoms with E-state index in [4.69, 9.17) is 5.73 Å². The summed E-state index contributed by atoms with van der Waals surface area (Å²) in [5, 5.41) is 3.14. The van der Waals surface area contributed by atoms with Crippen LogP contribution in [-0.4, -0.2) is 21.5 Å². The number of rotatable bonds is 6. The third-order valence-corrected chi connectivity index (χ3v) is 5.75. The molecule has 0 spiro atoms. The summed E-state index contributed by atoms with van der Waals surface area (Å²) in [5.41, 5.74) is 10.7. The van der Waals surface area contributed by atoms with E-state index in [2.05, 4.69) is 51.3 Å². The van der Waals surface area contributed by atoms with Gasteiger partial charge in [0, 0.05) is 37.4 Å². The Hall–Kier alpha value is -2.34. The molecule has 166 valence electrons. The SMILES string of the molecule is Cl.Cl.NC1CCCC(C(=O)NCc2ccccc2-c2ccc(Cn3ccnc3)cc2)C1. The van der Waals surface area contributed by atoms with Crippen LogP contribution in [0.3, 0.4) is 0 Å². The fourth-order valence-corrected chi connectivity index (χ4v) is 4.13. The molecular weight excluding hydrogens is 431 g/mol. The molecule has 7 heteroatoms. The number of amides is 1. The van der Waals surface area contributed by atoms with Crippen LogP contribution >= 0.6 is 24.8 Å². The smallest absolute Gasteiger partial charge is 0.223 e. The average molecular weight is 461 g/mol. The van der Waals surface area contributed by atoms with Gasteiger partial charge in [-0.2, -0.15) is 0 Å². The summed E-state index contributed by atoms with van der Waals surface area (Å²) < 4.78 is 2.05. The summed E-state index contributed by atoms with van der Waals surface area (Å²) in [7, 11) is 0. The highest BCUT2D eigenvalue weighted by Crippen LogP contribution is 2.26. The number of halogens is 2. The molecule has 2 aromatic carbocycles. The Morgan fingerprint density at radius 1 is 1.10 bits per heavy atom. The van der Waals surface area contributed by atoms with E-state index in [0.717, 1.165) is 48.9 Å². The van der Waals surface area contributed by atoms with Crippen LogP contribution in [0.15, 0.2) is 67.3 Å². The van der Waals surface area contributed by atoms with Gasteiger partial charge in [-0.1, -0.05) is 55.0 Å². The summed E-state index contributed by atoms with van der Waals surface area (Å²) in [4.78, 5) is 16.7. The number of hydrogen-bond acceptors (Lipinski definition) is 3. The summed E-state index contributed by atoms with van der Waals surface area (Å²) in [6.45, 7) is 1.35. The second-order valence-corrected chi connectivity index (χ2v) is 7.93. The quantitative estimate of drug-likeness (QED) is 0.565. The third-order valence-electron chi connectivity index (χ3n) is 5.75. The molecule has 1 heterocycles. The predicted molar refractivity (Wildman–Crippen MR) is 129 cm³/mol. The van der Waals surface area contributed by atoms with Crippen LogP contribution in [0.25, 0.3) is 11.1 Å². The maximum absolute atomic E-state index is 12.6. The van der Waals surface area contributed by atoms with Gasteiger partial charge in [-0.05, 0) is 41.5 Å². The van der Waals surface area contributed by atoms with Gasteiger partial charge in [-0.3, -0.25) is 4.79 Å². The minimum absolute atomic E-state index is 0. The number of nitrogens with zero attached hydrogens (tertiary/aromatic N) is 2. The van der Waals surface area contributed by atoms with Crippen LogP contribution in [0.2, 0.25) is 0 Å². The lowest BCUT2D eigenvalue weighted by Gasteiger charge is -2.25. The van der Waals surface area contributed by atoms with E-state index in [-0.39, 0.29) is 42.7 Å². The molecule has 2 unspecified atom stereocenters. The van der Waals surface area contributed by atoms with E-state index in [1.165, 1.54) is 5.56 Å². The van der Waals surface area contributed by atoms with Crippen molar-refractivity contribution in [1.82, 2.24) is 14.9 Å². The topological polar surface area (TPSA) is 72.9 Å². The van der Waals surface area contributed by atoms with E-state index < -0.39 is 0 Å². The molecule has 0 bridgehead atoms. The Balaban J connectivity index is 0.00000171. The maximum atomic E-state index is 12.6. The Labute approximate surface area is 196 Å². The number of carbonyl (C=O) groups is 1. The predicted octanol–water partition coefficient (Wildman–Crippen LogP) is 4.58. The normalized spacial score (nSPS) is 17.8. The average Bonchev–Trinajstić information content (AvgIpc) is 3.26. The van der Waals surface area contributed by atoms with E-state index in [9.17, 15) is 4.79 Å². The minimum Gasteiger partial charge on any atom is -0.352 e. The lowest BCUT2D eigenvalue weighted by molar-refractivity contribution is -0.126. The zero-order chi connectivity index (χ0) is 20.1. The highest BCUT2D eigenvalue weighted by atomic mass is 35.5. The summed E-state index contributed by atoms with van der Waals surface area (Å²) >= 11 is 0. The lowest BCUT2D eigenvalue weighted by atomic mass is 9.85. The molecule has 3 aromatic rings. The zero-order valence-electron chi connectivity index (χ0n) is 17.4. The first-order valence-corrected chi connectivity index (χ1v) is 10.4. The van der Waals surface area contributed by atoms with Gasteiger partial charge < -0.3 is 15.6 Å². The number of hydrogen-bond donors (Lipinski definition) is 2. The van der Waals surface area contributed by atoms with Gasteiger partial charge >= 0.3 is 0 Å². The summed E-state index contributed by atoms with van der Waals surface area (Å²) in [6.07, 6.45) is 9.40. The van der Waals surface area contributed by atoms with Crippen molar-refractivity contribution in [3.8, 4) is 11.1 Å². The van der Waals surface area contributed by atoms with Crippen molar-refractivity contribution in [3.05, 3.63) is 78.4 Å². The van der Waals surface area contributed by atoms with Gasteiger partial charge in [-0.25, -0.2) is 4.98 Å². The van der Waals surface area contributed by atoms with Gasteiger partial charge in [0.15, 0.2) is 0 Å². The van der Waals surface area contributed by atoms with Gasteiger partial charge in [0.1, 0.15) is 0 Å². The Morgan fingerprint density at radius 2 is 1.87 bits per heavy atom. The van der Waals surface area contributed by atoms with E-state index in [1.807, 2.05) is 24.7 Å². The molecule has 1 amide bonds. The van der Waals surface area contributed by atoms with Gasteiger partial charge in [0.2, 0.25) is 5.91 Å². The van der Waals surface area contributed by atoms with E-state index in [0.29, 0.717) is 6.54 Å². The van der Waals surface area contributed by atoms with Crippen LogP contribution in [-0.2, 0) is 17.9 Å². The number of nitrogens with two attached hydrogens (primary N) is 1. The Bertz CT molecular complexity index is 944. The number of aromatic nitrogens is 2. The van der Waals surface area contributed by atoms with Crippen LogP contribution < -0.4 is 11.1 Å². The van der Waals surface area contributed by atoms with Crippen molar-refractivity contribution >= 4 is 30.7 Å². The molecule has 1 fully saturated rings. The molecule has 1 aliphatic carbocycles. The molecule has 1 saturated carbocycles. The monoisotopic (exact) mass is 460 g/mol. The third kappa shape index (κ3) is 6.57. The van der Waals surface area contributed by atoms with Gasteiger partial charge in [0.05, 0.1) is 6.33 Å². The molecule has 0 saturated heterocycles. The van der Waals surface area contributed by atoms with Gasteiger partial charge in [0.25, 0.3) is 0 Å². The van der Waals surface area contributed by atoms with Crippen LogP contribution in [0, 0.1) is 5.92 Å². The highest BCUT2D eigenvalue weighted by Gasteiger charge is 2.25. The highest BCUT2D eigenvalue weighted by molar-refractivity contribution is 5.85. The minimum atomic E-state index is 0. The van der Waals surface area contributed by atoms with Crippen molar-refractivity contribution in [1.29, 1.82) is 0 Å². The molecule has 4 rings (SSSR count). The standard InChI is InChI=1S/C24H28N4O.2ClH/c25-22-6-3-5-20(14-22)24(29)27-15-21-4-1-2-7-23(21)19-10-8-18(9-11-19)16-28-13-12-26-17-28;;/h1-2,4,7-13,17,20,22H,3,5-6,14-16,25H2,(H,27,29);2*1H. The molecular formula is C24H30Cl2N4O. The molecule has 31 heavy (non-hydrogen) atoms. The maximum Gasteiger partial charge on any atom is 0.223 e. The van der Waals surface area contributed by atoms with Gasteiger partial charge in [-0.15, -0.1) is 24.8 Å². The molecule has 3 N–H and O–H groups in total. The zero-order valence-corrected chi connectivity index (χ0v) is 19.1. The number of carbonyl (C=O) groups excluding carboxylic acids is 1. The molecule has 1 aliphatic rings. The van der Waals surface area contributed by atoms with Crippen molar-refractivity contribution in [2.45, 2.75) is 44.8 Å². The number of benzene rings is 2. The van der Waals surface area contributed by atoms with Crippen molar-refractivity contribution in [3.63, 3.8) is 0 Å². The number of nitrogens with one attached hydrogen (secondary N) is 1.